The lowest BCUT2D eigenvalue weighted by atomic mass is 10.3. The number of ether oxygens (including phenoxy) is 2. The van der Waals surface area contributed by atoms with E-state index >= 15 is 0 Å². The van der Waals surface area contributed by atoms with Gasteiger partial charge in [-0.1, -0.05) is 5.92 Å². The molecule has 0 saturated carbocycles. The molecule has 4 nitrogen and oxygen atoms in total. The number of hydrogen-bond acceptors (Lipinski definition) is 4. The van der Waals surface area contributed by atoms with Gasteiger partial charge >= 0.3 is 0 Å². The molecule has 2 aliphatic heterocycles. The minimum absolute atomic E-state index is 0.184. The second kappa shape index (κ2) is 5.83. The highest BCUT2D eigenvalue weighted by molar-refractivity contribution is 5.06. The van der Waals surface area contributed by atoms with Gasteiger partial charge in [-0.05, 0) is 26.8 Å². The molecule has 0 bridgehead atoms. The number of likely N-dealkylation sites (N-methyl/N-ethyl adjacent to an activating group) is 1. The van der Waals surface area contributed by atoms with Crippen molar-refractivity contribution in [3.8, 4) is 12.0 Å². The average Bonchev–Trinajstić information content (AvgIpc) is 2.98. The van der Waals surface area contributed by atoms with E-state index in [0.717, 1.165) is 19.6 Å². The van der Waals surface area contributed by atoms with Crippen molar-refractivity contribution >= 4 is 0 Å². The summed E-state index contributed by atoms with van der Waals surface area (Å²) < 4.78 is 10.5. The minimum Gasteiger partial charge on any atom is -0.458 e. The molecular weight excluding hydrogens is 216 g/mol. The van der Waals surface area contributed by atoms with E-state index in [2.05, 4.69) is 28.7 Å². The summed E-state index contributed by atoms with van der Waals surface area (Å²) in [5, 5.41) is 0. The summed E-state index contributed by atoms with van der Waals surface area (Å²) in [5.41, 5.74) is 0. The number of rotatable bonds is 3. The van der Waals surface area contributed by atoms with Gasteiger partial charge in [0.05, 0.1) is 12.6 Å². The summed E-state index contributed by atoms with van der Waals surface area (Å²) in [6.45, 7) is 5.05. The molecule has 1 fully saturated rings. The second-order valence-electron chi connectivity index (χ2n) is 4.54. The topological polar surface area (TPSA) is 24.9 Å². The Morgan fingerprint density at radius 2 is 2.00 bits per heavy atom. The van der Waals surface area contributed by atoms with E-state index in [0.29, 0.717) is 0 Å². The largest absolute Gasteiger partial charge is 0.458 e. The molecule has 2 rings (SSSR count). The zero-order chi connectivity index (χ0) is 12.1. The SMILES string of the molecule is CC(C#CN1CCCC1)N(C)CC1OC=CO1. The molecule has 1 atom stereocenters. The quantitative estimate of drug-likeness (QED) is 0.688. The Kier molecular flexibility index (Phi) is 4.16. The maximum atomic E-state index is 5.25. The van der Waals surface area contributed by atoms with Crippen LogP contribution in [0, 0.1) is 12.0 Å². The van der Waals surface area contributed by atoms with Crippen molar-refractivity contribution in [3.05, 3.63) is 12.5 Å². The highest BCUT2D eigenvalue weighted by Gasteiger charge is 2.17. The lowest BCUT2D eigenvalue weighted by Crippen LogP contribution is -2.35. The summed E-state index contributed by atoms with van der Waals surface area (Å²) in [4.78, 5) is 4.34. The third-order valence-corrected chi connectivity index (χ3v) is 3.15. The Hall–Kier alpha value is -1.34. The Balaban J connectivity index is 1.75. The van der Waals surface area contributed by atoms with Crippen LogP contribution in [0.15, 0.2) is 12.5 Å². The molecule has 0 aliphatic carbocycles. The maximum Gasteiger partial charge on any atom is 0.252 e. The Morgan fingerprint density at radius 3 is 2.65 bits per heavy atom. The average molecular weight is 236 g/mol. The van der Waals surface area contributed by atoms with Gasteiger partial charge < -0.3 is 14.4 Å². The van der Waals surface area contributed by atoms with E-state index in [1.807, 2.05) is 7.05 Å². The predicted octanol–water partition coefficient (Wildman–Crippen LogP) is 1.21. The van der Waals surface area contributed by atoms with E-state index in [4.69, 9.17) is 9.47 Å². The normalized spacial score (nSPS) is 21.0. The standard InChI is InChI=1S/C13H20N2O2/c1-12(5-8-15-6-3-4-7-15)14(2)11-13-16-9-10-17-13/h9-10,12-13H,3-4,6-7,11H2,1-2H3. The second-order valence-corrected chi connectivity index (χ2v) is 4.54. The molecule has 0 radical (unpaired) electrons. The first-order chi connectivity index (χ1) is 8.25. The van der Waals surface area contributed by atoms with Crippen LogP contribution in [0.1, 0.15) is 19.8 Å². The molecule has 0 aromatic heterocycles. The molecular formula is C13H20N2O2. The van der Waals surface area contributed by atoms with Crippen LogP contribution in [0.4, 0.5) is 0 Å². The lowest BCUT2D eigenvalue weighted by Gasteiger charge is -2.23. The number of likely N-dealkylation sites (tertiary alicyclic amines) is 1. The first-order valence-corrected chi connectivity index (χ1v) is 6.18. The third-order valence-electron chi connectivity index (χ3n) is 3.15. The molecule has 4 heteroatoms. The van der Waals surface area contributed by atoms with Gasteiger partial charge in [0.15, 0.2) is 0 Å². The monoisotopic (exact) mass is 236 g/mol. The van der Waals surface area contributed by atoms with Gasteiger partial charge in [0.25, 0.3) is 6.29 Å². The van der Waals surface area contributed by atoms with Crippen LogP contribution < -0.4 is 0 Å². The zero-order valence-electron chi connectivity index (χ0n) is 10.6. The van der Waals surface area contributed by atoms with E-state index in [9.17, 15) is 0 Å². The summed E-state index contributed by atoms with van der Waals surface area (Å²) >= 11 is 0. The van der Waals surface area contributed by atoms with Crippen molar-refractivity contribution in [1.29, 1.82) is 0 Å². The fraction of sp³-hybridized carbons (Fsp3) is 0.692. The molecule has 0 aromatic carbocycles. The van der Waals surface area contributed by atoms with Crippen LogP contribution >= 0.6 is 0 Å². The van der Waals surface area contributed by atoms with Crippen LogP contribution in [0.25, 0.3) is 0 Å². The van der Waals surface area contributed by atoms with Gasteiger partial charge in [-0.3, -0.25) is 4.90 Å². The highest BCUT2D eigenvalue weighted by Crippen LogP contribution is 2.08. The van der Waals surface area contributed by atoms with Crippen molar-refractivity contribution in [1.82, 2.24) is 9.80 Å². The van der Waals surface area contributed by atoms with Crippen LogP contribution in [0.5, 0.6) is 0 Å². The van der Waals surface area contributed by atoms with Crippen molar-refractivity contribution in [2.24, 2.45) is 0 Å². The van der Waals surface area contributed by atoms with Gasteiger partial charge in [-0.25, -0.2) is 0 Å². The summed E-state index contributed by atoms with van der Waals surface area (Å²) in [7, 11) is 2.04. The molecule has 0 aromatic rings. The molecule has 2 aliphatic rings. The summed E-state index contributed by atoms with van der Waals surface area (Å²) in [6.07, 6.45) is 5.52. The lowest BCUT2D eigenvalue weighted by molar-refractivity contribution is -0.0434. The van der Waals surface area contributed by atoms with Gasteiger partial charge in [-0.2, -0.15) is 0 Å². The van der Waals surface area contributed by atoms with Crippen molar-refractivity contribution < 1.29 is 9.47 Å². The first-order valence-electron chi connectivity index (χ1n) is 6.18. The predicted molar refractivity (Wildman–Crippen MR) is 65.8 cm³/mol. The van der Waals surface area contributed by atoms with Crippen molar-refractivity contribution in [2.45, 2.75) is 32.1 Å². The fourth-order valence-corrected chi connectivity index (χ4v) is 1.87. The molecule has 0 spiro atoms. The van der Waals surface area contributed by atoms with Crippen LogP contribution in [-0.4, -0.2) is 48.8 Å². The van der Waals surface area contributed by atoms with Crippen molar-refractivity contribution in [2.75, 3.05) is 26.7 Å². The molecule has 94 valence electrons. The maximum absolute atomic E-state index is 5.25. The van der Waals surface area contributed by atoms with Crippen molar-refractivity contribution in [3.63, 3.8) is 0 Å². The molecule has 2 heterocycles. The fourth-order valence-electron chi connectivity index (χ4n) is 1.87. The zero-order valence-corrected chi connectivity index (χ0v) is 10.6. The summed E-state index contributed by atoms with van der Waals surface area (Å²) in [5.74, 6) is 3.27. The molecule has 1 unspecified atom stereocenters. The Labute approximate surface area is 103 Å². The molecule has 1 saturated heterocycles. The molecule has 0 N–H and O–H groups in total. The number of nitrogens with zero attached hydrogens (tertiary/aromatic N) is 2. The van der Waals surface area contributed by atoms with Crippen LogP contribution in [0.2, 0.25) is 0 Å². The van der Waals surface area contributed by atoms with Gasteiger partial charge in [-0.15, -0.1) is 0 Å². The van der Waals surface area contributed by atoms with E-state index in [-0.39, 0.29) is 12.3 Å². The summed E-state index contributed by atoms with van der Waals surface area (Å²) in [6, 6.07) is 3.44. The minimum atomic E-state index is -0.184. The Bertz CT molecular complexity index is 318. The van der Waals surface area contributed by atoms with E-state index in [1.165, 1.54) is 12.8 Å². The van der Waals surface area contributed by atoms with Crippen LogP contribution in [-0.2, 0) is 9.47 Å². The number of hydrogen-bond donors (Lipinski definition) is 0. The third kappa shape index (κ3) is 3.57. The van der Waals surface area contributed by atoms with Crippen LogP contribution in [0.3, 0.4) is 0 Å². The van der Waals surface area contributed by atoms with E-state index in [1.54, 1.807) is 12.5 Å². The molecule has 0 amide bonds. The van der Waals surface area contributed by atoms with Gasteiger partial charge in [0, 0.05) is 19.1 Å². The molecule has 17 heavy (non-hydrogen) atoms. The van der Waals surface area contributed by atoms with Gasteiger partial charge in [0.2, 0.25) is 0 Å². The highest BCUT2D eigenvalue weighted by atomic mass is 16.7. The smallest absolute Gasteiger partial charge is 0.252 e. The Morgan fingerprint density at radius 1 is 1.35 bits per heavy atom. The first kappa shape index (κ1) is 12.1. The van der Waals surface area contributed by atoms with E-state index < -0.39 is 0 Å². The van der Waals surface area contributed by atoms with Gasteiger partial charge in [0.1, 0.15) is 12.5 Å².